The molecule has 5 heteroatoms. The Bertz CT molecular complexity index is 427. The number of likely N-dealkylation sites (tertiary alicyclic amines) is 1. The molecule has 5 nitrogen and oxygen atoms in total. The van der Waals surface area contributed by atoms with Gasteiger partial charge in [-0.1, -0.05) is 6.92 Å². The molecular weight excluding hydrogens is 218 g/mol. The SMILES string of the molecule is Cc1c(C(=O)N2CCC(O)C(C)C2)cnn1C. The molecular formula is C12H19N3O2. The zero-order valence-electron chi connectivity index (χ0n) is 10.6. The Labute approximate surface area is 101 Å². The molecule has 1 N–H and O–H groups in total. The summed E-state index contributed by atoms with van der Waals surface area (Å²) in [7, 11) is 1.83. The van der Waals surface area contributed by atoms with E-state index in [1.165, 1.54) is 0 Å². The summed E-state index contributed by atoms with van der Waals surface area (Å²) >= 11 is 0. The second kappa shape index (κ2) is 4.49. The summed E-state index contributed by atoms with van der Waals surface area (Å²) in [6.07, 6.45) is 1.99. The lowest BCUT2D eigenvalue weighted by atomic mass is 9.96. The number of aromatic nitrogens is 2. The number of hydrogen-bond donors (Lipinski definition) is 1. The minimum atomic E-state index is -0.283. The Morgan fingerprint density at radius 3 is 2.82 bits per heavy atom. The molecule has 1 aliphatic rings. The van der Waals surface area contributed by atoms with Gasteiger partial charge >= 0.3 is 0 Å². The van der Waals surface area contributed by atoms with Crippen molar-refractivity contribution < 1.29 is 9.90 Å². The molecule has 1 aromatic heterocycles. The smallest absolute Gasteiger partial charge is 0.257 e. The summed E-state index contributed by atoms with van der Waals surface area (Å²) in [5.74, 6) is 0.166. The fourth-order valence-corrected chi connectivity index (χ4v) is 2.20. The van der Waals surface area contributed by atoms with E-state index in [1.807, 2.05) is 20.9 Å². The van der Waals surface area contributed by atoms with Crippen molar-refractivity contribution in [1.29, 1.82) is 0 Å². The molecule has 0 aliphatic carbocycles. The van der Waals surface area contributed by atoms with Crippen molar-refractivity contribution in [3.63, 3.8) is 0 Å². The van der Waals surface area contributed by atoms with Gasteiger partial charge in [0.25, 0.3) is 5.91 Å². The number of nitrogens with zero attached hydrogens (tertiary/aromatic N) is 3. The topological polar surface area (TPSA) is 58.4 Å². The average Bonchev–Trinajstić information content (AvgIpc) is 2.63. The molecule has 2 unspecified atom stereocenters. The van der Waals surface area contributed by atoms with Gasteiger partial charge in [-0.05, 0) is 19.3 Å². The summed E-state index contributed by atoms with van der Waals surface area (Å²) in [6, 6.07) is 0. The van der Waals surface area contributed by atoms with E-state index in [9.17, 15) is 9.90 Å². The van der Waals surface area contributed by atoms with Gasteiger partial charge in [-0.2, -0.15) is 5.10 Å². The Morgan fingerprint density at radius 1 is 1.59 bits per heavy atom. The number of rotatable bonds is 1. The fraction of sp³-hybridized carbons (Fsp3) is 0.667. The van der Waals surface area contributed by atoms with Gasteiger partial charge in [-0.15, -0.1) is 0 Å². The first-order chi connectivity index (χ1) is 8.00. The fourth-order valence-electron chi connectivity index (χ4n) is 2.20. The molecule has 17 heavy (non-hydrogen) atoms. The highest BCUT2D eigenvalue weighted by Crippen LogP contribution is 2.19. The van der Waals surface area contributed by atoms with Crippen molar-refractivity contribution in [2.45, 2.75) is 26.4 Å². The zero-order chi connectivity index (χ0) is 12.6. The van der Waals surface area contributed by atoms with Gasteiger partial charge in [0.2, 0.25) is 0 Å². The van der Waals surface area contributed by atoms with Crippen molar-refractivity contribution in [2.75, 3.05) is 13.1 Å². The number of amides is 1. The highest BCUT2D eigenvalue weighted by atomic mass is 16.3. The molecule has 0 radical (unpaired) electrons. The predicted octanol–water partition coefficient (Wildman–Crippen LogP) is 0.571. The zero-order valence-corrected chi connectivity index (χ0v) is 10.6. The van der Waals surface area contributed by atoms with Gasteiger partial charge < -0.3 is 10.0 Å². The van der Waals surface area contributed by atoms with Gasteiger partial charge in [0.1, 0.15) is 0 Å². The predicted molar refractivity (Wildman–Crippen MR) is 63.6 cm³/mol. The van der Waals surface area contributed by atoms with E-state index in [0.29, 0.717) is 25.1 Å². The normalized spacial score (nSPS) is 25.1. The maximum Gasteiger partial charge on any atom is 0.257 e. The summed E-state index contributed by atoms with van der Waals surface area (Å²) in [5, 5.41) is 13.7. The maximum atomic E-state index is 12.3. The number of carbonyl (C=O) groups is 1. The van der Waals surface area contributed by atoms with Crippen LogP contribution in [-0.2, 0) is 7.05 Å². The van der Waals surface area contributed by atoms with Crippen LogP contribution in [0.3, 0.4) is 0 Å². The number of hydrogen-bond acceptors (Lipinski definition) is 3. The number of carbonyl (C=O) groups excluding carboxylic acids is 1. The van der Waals surface area contributed by atoms with Crippen LogP contribution >= 0.6 is 0 Å². The van der Waals surface area contributed by atoms with Crippen LogP contribution in [0.5, 0.6) is 0 Å². The van der Waals surface area contributed by atoms with Gasteiger partial charge in [-0.3, -0.25) is 9.48 Å². The lowest BCUT2D eigenvalue weighted by Gasteiger charge is -2.34. The largest absolute Gasteiger partial charge is 0.393 e. The highest BCUT2D eigenvalue weighted by molar-refractivity contribution is 5.95. The van der Waals surface area contributed by atoms with E-state index >= 15 is 0 Å². The van der Waals surface area contributed by atoms with Gasteiger partial charge in [-0.25, -0.2) is 0 Å². The monoisotopic (exact) mass is 237 g/mol. The first-order valence-electron chi connectivity index (χ1n) is 5.96. The molecule has 1 amide bonds. The standard InChI is InChI=1S/C12H19N3O2/c1-8-7-15(5-4-11(8)16)12(17)10-6-13-14(3)9(10)2/h6,8,11,16H,4-5,7H2,1-3H3. The van der Waals surface area contributed by atoms with Crippen molar-refractivity contribution >= 4 is 5.91 Å². The van der Waals surface area contributed by atoms with Crippen molar-refractivity contribution in [1.82, 2.24) is 14.7 Å². The molecule has 2 rings (SSSR count). The van der Waals surface area contributed by atoms with Crippen molar-refractivity contribution in [2.24, 2.45) is 13.0 Å². The van der Waals surface area contributed by atoms with E-state index in [2.05, 4.69) is 5.10 Å². The first kappa shape index (κ1) is 12.1. The molecule has 1 aromatic rings. The van der Waals surface area contributed by atoms with Crippen LogP contribution in [0.15, 0.2) is 6.20 Å². The molecule has 2 heterocycles. The van der Waals surface area contributed by atoms with E-state index < -0.39 is 0 Å². The molecule has 1 aliphatic heterocycles. The molecule has 1 saturated heterocycles. The number of aryl methyl sites for hydroxylation is 1. The third-order valence-corrected chi connectivity index (χ3v) is 3.61. The Morgan fingerprint density at radius 2 is 2.29 bits per heavy atom. The first-order valence-corrected chi connectivity index (χ1v) is 5.96. The molecule has 0 aromatic carbocycles. The van der Waals surface area contributed by atoms with E-state index in [1.54, 1.807) is 15.8 Å². The average molecular weight is 237 g/mol. The lowest BCUT2D eigenvalue weighted by molar-refractivity contribution is 0.0297. The number of piperidine rings is 1. The van der Waals surface area contributed by atoms with Crippen LogP contribution in [0.1, 0.15) is 29.4 Å². The van der Waals surface area contributed by atoms with Crippen molar-refractivity contribution in [3.8, 4) is 0 Å². The highest BCUT2D eigenvalue weighted by Gasteiger charge is 2.28. The summed E-state index contributed by atoms with van der Waals surface area (Å²) in [6.45, 7) is 5.11. The van der Waals surface area contributed by atoms with Gasteiger partial charge in [0.05, 0.1) is 17.9 Å². The third kappa shape index (κ3) is 2.20. The summed E-state index contributed by atoms with van der Waals surface area (Å²) in [4.78, 5) is 14.1. The Hall–Kier alpha value is -1.36. The molecule has 94 valence electrons. The Balaban J connectivity index is 2.13. The Kier molecular flexibility index (Phi) is 3.19. The van der Waals surface area contributed by atoms with Crippen LogP contribution in [0.4, 0.5) is 0 Å². The number of aliphatic hydroxyl groups excluding tert-OH is 1. The van der Waals surface area contributed by atoms with Gasteiger partial charge in [0.15, 0.2) is 0 Å². The second-order valence-electron chi connectivity index (χ2n) is 4.85. The molecule has 2 atom stereocenters. The van der Waals surface area contributed by atoms with Crippen LogP contribution in [0, 0.1) is 12.8 Å². The van der Waals surface area contributed by atoms with E-state index in [0.717, 1.165) is 5.69 Å². The van der Waals surface area contributed by atoms with E-state index in [-0.39, 0.29) is 17.9 Å². The minimum absolute atomic E-state index is 0.0225. The van der Waals surface area contributed by atoms with Crippen LogP contribution in [0.2, 0.25) is 0 Å². The van der Waals surface area contributed by atoms with Crippen LogP contribution < -0.4 is 0 Å². The van der Waals surface area contributed by atoms with Crippen molar-refractivity contribution in [3.05, 3.63) is 17.5 Å². The summed E-state index contributed by atoms with van der Waals surface area (Å²) in [5.41, 5.74) is 1.55. The second-order valence-corrected chi connectivity index (χ2v) is 4.85. The molecule has 0 bridgehead atoms. The molecule has 0 saturated carbocycles. The maximum absolute atomic E-state index is 12.3. The van der Waals surface area contributed by atoms with Crippen LogP contribution in [-0.4, -0.2) is 44.9 Å². The van der Waals surface area contributed by atoms with Crippen LogP contribution in [0.25, 0.3) is 0 Å². The third-order valence-electron chi connectivity index (χ3n) is 3.61. The minimum Gasteiger partial charge on any atom is -0.393 e. The number of aliphatic hydroxyl groups is 1. The summed E-state index contributed by atoms with van der Waals surface area (Å²) < 4.78 is 1.70. The molecule has 1 fully saturated rings. The van der Waals surface area contributed by atoms with E-state index in [4.69, 9.17) is 0 Å². The quantitative estimate of drug-likeness (QED) is 0.777. The molecule has 0 spiro atoms. The lowest BCUT2D eigenvalue weighted by Crippen LogP contribution is -2.45. The van der Waals surface area contributed by atoms with Gasteiger partial charge in [0, 0.05) is 25.8 Å².